The molecule has 0 aromatic heterocycles. The largest absolute Gasteiger partial charge is 0.479 e. The fraction of sp³-hybridized carbons (Fsp3) is 0.235. The summed E-state index contributed by atoms with van der Waals surface area (Å²) in [7, 11) is 0. The first-order chi connectivity index (χ1) is 10.7. The minimum Gasteiger partial charge on any atom is -0.479 e. The van der Waals surface area contributed by atoms with Crippen LogP contribution in [0.15, 0.2) is 48.5 Å². The van der Waals surface area contributed by atoms with Gasteiger partial charge in [0.05, 0.1) is 0 Å². The van der Waals surface area contributed by atoms with Gasteiger partial charge in [0.1, 0.15) is 5.75 Å². The molecule has 2 aromatic rings. The highest BCUT2D eigenvalue weighted by molar-refractivity contribution is 5.72. The van der Waals surface area contributed by atoms with Crippen LogP contribution in [0.4, 0.5) is 0 Å². The highest BCUT2D eigenvalue weighted by atomic mass is 16.7. The number of ether oxygens (including phenoxy) is 3. The van der Waals surface area contributed by atoms with Gasteiger partial charge < -0.3 is 19.3 Å². The SMILES string of the molecule is O=C(O)C(CCc1ccccc1)Oc1ccc2c(c1)OCO2. The molecule has 0 radical (unpaired) electrons. The van der Waals surface area contributed by atoms with Crippen molar-refractivity contribution in [3.8, 4) is 17.2 Å². The Morgan fingerprint density at radius 2 is 1.91 bits per heavy atom. The van der Waals surface area contributed by atoms with Gasteiger partial charge in [-0.15, -0.1) is 0 Å². The van der Waals surface area contributed by atoms with Crippen molar-refractivity contribution in [1.82, 2.24) is 0 Å². The lowest BCUT2D eigenvalue weighted by Crippen LogP contribution is -2.27. The van der Waals surface area contributed by atoms with E-state index in [1.165, 1.54) is 0 Å². The average molecular weight is 300 g/mol. The summed E-state index contributed by atoms with van der Waals surface area (Å²) in [4.78, 5) is 11.4. The molecular formula is C17H16O5. The van der Waals surface area contributed by atoms with Gasteiger partial charge in [0.15, 0.2) is 17.6 Å². The number of carboxylic acid groups (broad SMARTS) is 1. The Labute approximate surface area is 128 Å². The molecule has 0 saturated carbocycles. The molecule has 1 heterocycles. The Kier molecular flexibility index (Phi) is 4.14. The Bertz CT molecular complexity index is 653. The topological polar surface area (TPSA) is 65.0 Å². The van der Waals surface area contributed by atoms with E-state index in [4.69, 9.17) is 14.2 Å². The Balaban J connectivity index is 1.65. The zero-order valence-corrected chi connectivity index (χ0v) is 11.9. The van der Waals surface area contributed by atoms with Crippen molar-refractivity contribution in [2.24, 2.45) is 0 Å². The summed E-state index contributed by atoms with van der Waals surface area (Å²) in [6.45, 7) is 0.176. The van der Waals surface area contributed by atoms with Gasteiger partial charge in [-0.3, -0.25) is 0 Å². The van der Waals surface area contributed by atoms with Gasteiger partial charge in [-0.05, 0) is 30.5 Å². The number of aliphatic carboxylic acids is 1. The van der Waals surface area contributed by atoms with E-state index >= 15 is 0 Å². The van der Waals surface area contributed by atoms with Crippen LogP contribution in [-0.2, 0) is 11.2 Å². The van der Waals surface area contributed by atoms with E-state index in [0.29, 0.717) is 30.1 Å². The third-order valence-electron chi connectivity index (χ3n) is 3.44. The normalized spacial score (nSPS) is 13.6. The second-order valence-corrected chi connectivity index (χ2v) is 4.98. The van der Waals surface area contributed by atoms with Crippen molar-refractivity contribution in [1.29, 1.82) is 0 Å². The van der Waals surface area contributed by atoms with Crippen LogP contribution in [0, 0.1) is 0 Å². The number of carbonyl (C=O) groups is 1. The summed E-state index contributed by atoms with van der Waals surface area (Å²) in [5, 5.41) is 9.33. The monoisotopic (exact) mass is 300 g/mol. The molecule has 0 amide bonds. The molecule has 2 aromatic carbocycles. The van der Waals surface area contributed by atoms with E-state index in [1.54, 1.807) is 18.2 Å². The van der Waals surface area contributed by atoms with Crippen LogP contribution < -0.4 is 14.2 Å². The fourth-order valence-corrected chi connectivity index (χ4v) is 2.29. The molecule has 1 unspecified atom stereocenters. The number of carboxylic acids is 1. The van der Waals surface area contributed by atoms with Gasteiger partial charge in [-0.1, -0.05) is 30.3 Å². The molecule has 114 valence electrons. The molecule has 0 aliphatic carbocycles. The number of aryl methyl sites for hydroxylation is 1. The zero-order chi connectivity index (χ0) is 15.4. The van der Waals surface area contributed by atoms with Crippen LogP contribution in [0.2, 0.25) is 0 Å². The van der Waals surface area contributed by atoms with E-state index in [-0.39, 0.29) is 6.79 Å². The molecule has 22 heavy (non-hydrogen) atoms. The van der Waals surface area contributed by atoms with E-state index in [2.05, 4.69) is 0 Å². The fourth-order valence-electron chi connectivity index (χ4n) is 2.29. The smallest absolute Gasteiger partial charge is 0.344 e. The summed E-state index contributed by atoms with van der Waals surface area (Å²) < 4.78 is 16.1. The van der Waals surface area contributed by atoms with Gasteiger partial charge in [-0.25, -0.2) is 4.79 Å². The van der Waals surface area contributed by atoms with Crippen LogP contribution >= 0.6 is 0 Å². The minimum absolute atomic E-state index is 0.176. The van der Waals surface area contributed by atoms with Crippen LogP contribution in [-0.4, -0.2) is 24.0 Å². The maximum absolute atomic E-state index is 11.4. The highest BCUT2D eigenvalue weighted by Gasteiger charge is 2.21. The Morgan fingerprint density at radius 3 is 2.68 bits per heavy atom. The molecule has 0 bridgehead atoms. The van der Waals surface area contributed by atoms with Crippen LogP contribution in [0.1, 0.15) is 12.0 Å². The van der Waals surface area contributed by atoms with E-state index in [1.807, 2.05) is 30.3 Å². The molecule has 0 fully saturated rings. The first-order valence-corrected chi connectivity index (χ1v) is 7.05. The second kappa shape index (κ2) is 6.39. The molecule has 1 aliphatic rings. The quantitative estimate of drug-likeness (QED) is 0.888. The van der Waals surface area contributed by atoms with E-state index in [0.717, 1.165) is 5.56 Å². The number of benzene rings is 2. The van der Waals surface area contributed by atoms with Crippen LogP contribution in [0.25, 0.3) is 0 Å². The van der Waals surface area contributed by atoms with Gasteiger partial charge in [0.2, 0.25) is 6.79 Å². The lowest BCUT2D eigenvalue weighted by atomic mass is 10.1. The minimum atomic E-state index is -0.978. The Hall–Kier alpha value is -2.69. The number of rotatable bonds is 6. The van der Waals surface area contributed by atoms with Crippen LogP contribution in [0.5, 0.6) is 17.2 Å². The summed E-state index contributed by atoms with van der Waals surface area (Å²) in [6, 6.07) is 14.8. The molecule has 1 atom stereocenters. The standard InChI is InChI=1S/C17H16O5/c18-17(19)15(8-6-12-4-2-1-3-5-12)22-13-7-9-14-16(10-13)21-11-20-14/h1-5,7,9-10,15H,6,8,11H2,(H,18,19). The lowest BCUT2D eigenvalue weighted by molar-refractivity contribution is -0.145. The zero-order valence-electron chi connectivity index (χ0n) is 11.9. The lowest BCUT2D eigenvalue weighted by Gasteiger charge is -2.15. The highest BCUT2D eigenvalue weighted by Crippen LogP contribution is 2.35. The van der Waals surface area contributed by atoms with E-state index in [9.17, 15) is 9.90 Å². The summed E-state index contributed by atoms with van der Waals surface area (Å²) >= 11 is 0. The molecule has 1 N–H and O–H groups in total. The van der Waals surface area contributed by atoms with Gasteiger partial charge in [0, 0.05) is 6.07 Å². The van der Waals surface area contributed by atoms with Crippen molar-refractivity contribution in [2.45, 2.75) is 18.9 Å². The molecule has 0 spiro atoms. The molecule has 5 heteroatoms. The molecule has 0 saturated heterocycles. The molecule has 5 nitrogen and oxygen atoms in total. The maximum atomic E-state index is 11.4. The average Bonchev–Trinajstić information content (AvgIpc) is 2.99. The summed E-state index contributed by atoms with van der Waals surface area (Å²) in [5.41, 5.74) is 1.09. The van der Waals surface area contributed by atoms with Crippen molar-refractivity contribution >= 4 is 5.97 Å². The predicted molar refractivity (Wildman–Crippen MR) is 79.4 cm³/mol. The van der Waals surface area contributed by atoms with Crippen LogP contribution in [0.3, 0.4) is 0 Å². The third kappa shape index (κ3) is 3.31. The Morgan fingerprint density at radius 1 is 1.14 bits per heavy atom. The van der Waals surface area contributed by atoms with Gasteiger partial charge in [-0.2, -0.15) is 0 Å². The number of fused-ring (bicyclic) bond motifs is 1. The third-order valence-corrected chi connectivity index (χ3v) is 3.44. The second-order valence-electron chi connectivity index (χ2n) is 4.98. The van der Waals surface area contributed by atoms with Crippen molar-refractivity contribution in [3.05, 3.63) is 54.1 Å². The van der Waals surface area contributed by atoms with Gasteiger partial charge >= 0.3 is 5.97 Å². The first-order valence-electron chi connectivity index (χ1n) is 7.05. The van der Waals surface area contributed by atoms with Crippen molar-refractivity contribution in [3.63, 3.8) is 0 Å². The molecular weight excluding hydrogens is 284 g/mol. The number of hydrogen-bond donors (Lipinski definition) is 1. The summed E-state index contributed by atoms with van der Waals surface area (Å²) in [6.07, 6.45) is 0.136. The first kappa shape index (κ1) is 14.3. The predicted octanol–water partition coefficient (Wildman–Crippen LogP) is 2.88. The number of hydrogen-bond acceptors (Lipinski definition) is 4. The van der Waals surface area contributed by atoms with E-state index < -0.39 is 12.1 Å². The van der Waals surface area contributed by atoms with Gasteiger partial charge in [0.25, 0.3) is 0 Å². The van der Waals surface area contributed by atoms with Crippen molar-refractivity contribution in [2.75, 3.05) is 6.79 Å². The maximum Gasteiger partial charge on any atom is 0.344 e. The van der Waals surface area contributed by atoms with Crippen molar-refractivity contribution < 1.29 is 24.1 Å². The molecule has 3 rings (SSSR count). The summed E-state index contributed by atoms with van der Waals surface area (Å²) in [5.74, 6) is 0.700. The molecule has 1 aliphatic heterocycles.